The number of aliphatic hydroxyl groups is 1. The first kappa shape index (κ1) is 7.28. The Hall–Kier alpha value is -0.830. The van der Waals surface area contributed by atoms with Gasteiger partial charge in [0, 0.05) is 6.20 Å². The lowest BCUT2D eigenvalue weighted by molar-refractivity contribution is 0.277. The van der Waals surface area contributed by atoms with Gasteiger partial charge < -0.3 is 9.67 Å². The first-order valence-corrected chi connectivity index (χ1v) is 3.33. The van der Waals surface area contributed by atoms with Crippen molar-refractivity contribution in [3.63, 3.8) is 0 Å². The van der Waals surface area contributed by atoms with E-state index in [9.17, 15) is 0 Å². The summed E-state index contributed by atoms with van der Waals surface area (Å²) >= 11 is 0. The van der Waals surface area contributed by atoms with Crippen molar-refractivity contribution in [3.8, 4) is 0 Å². The standard InChI is InChI=1S/C7H11N2O/c1-2-3-9-4-7(5-10)8-6-9/h3-4,6,10H,2,5H2,1H3. The third kappa shape index (κ3) is 1.57. The molecule has 0 saturated heterocycles. The Labute approximate surface area is 60.3 Å². The normalized spacial score (nSPS) is 10.2. The van der Waals surface area contributed by atoms with Gasteiger partial charge in [0.2, 0.25) is 0 Å². The lowest BCUT2D eigenvalue weighted by atomic mass is 10.5. The summed E-state index contributed by atoms with van der Waals surface area (Å²) in [7, 11) is 0. The third-order valence-electron chi connectivity index (χ3n) is 1.21. The van der Waals surface area contributed by atoms with E-state index in [-0.39, 0.29) is 6.61 Å². The van der Waals surface area contributed by atoms with Crippen LogP contribution in [-0.2, 0) is 6.61 Å². The van der Waals surface area contributed by atoms with Gasteiger partial charge in [-0.05, 0) is 6.42 Å². The lowest BCUT2D eigenvalue weighted by Gasteiger charge is -1.93. The van der Waals surface area contributed by atoms with E-state index in [0.717, 1.165) is 6.42 Å². The topological polar surface area (TPSA) is 38.0 Å². The highest BCUT2D eigenvalue weighted by molar-refractivity contribution is 4.96. The fraction of sp³-hybridized carbons (Fsp3) is 0.429. The molecule has 0 spiro atoms. The maximum atomic E-state index is 8.63. The SMILES string of the molecule is CC[CH]n1cnc(CO)c1. The fourth-order valence-corrected chi connectivity index (χ4v) is 0.772. The number of aromatic nitrogens is 2. The highest BCUT2D eigenvalue weighted by atomic mass is 16.3. The minimum atomic E-state index is 0.0184. The van der Waals surface area contributed by atoms with Crippen molar-refractivity contribution < 1.29 is 5.11 Å². The van der Waals surface area contributed by atoms with Crippen LogP contribution in [0.3, 0.4) is 0 Å². The molecule has 0 aliphatic carbocycles. The number of rotatable bonds is 3. The summed E-state index contributed by atoms with van der Waals surface area (Å²) in [5.74, 6) is 0. The summed E-state index contributed by atoms with van der Waals surface area (Å²) in [5, 5.41) is 8.63. The summed E-state index contributed by atoms with van der Waals surface area (Å²) in [4.78, 5) is 3.94. The average Bonchev–Trinajstić information content (AvgIpc) is 2.37. The second kappa shape index (κ2) is 3.37. The molecule has 0 bridgehead atoms. The van der Waals surface area contributed by atoms with E-state index >= 15 is 0 Å². The Bertz CT molecular complexity index is 195. The van der Waals surface area contributed by atoms with E-state index in [1.807, 2.05) is 17.3 Å². The quantitative estimate of drug-likeness (QED) is 0.672. The van der Waals surface area contributed by atoms with Crippen LogP contribution in [0.1, 0.15) is 19.0 Å². The van der Waals surface area contributed by atoms with Crippen LogP contribution in [0.15, 0.2) is 12.5 Å². The van der Waals surface area contributed by atoms with Crippen molar-refractivity contribution in [3.05, 3.63) is 24.8 Å². The summed E-state index contributed by atoms with van der Waals surface area (Å²) in [6.07, 6.45) is 4.47. The fourth-order valence-electron chi connectivity index (χ4n) is 0.772. The summed E-state index contributed by atoms with van der Waals surface area (Å²) in [6.45, 7) is 4.06. The first-order valence-electron chi connectivity index (χ1n) is 3.33. The number of aliphatic hydroxyl groups excluding tert-OH is 1. The second-order valence-electron chi connectivity index (χ2n) is 2.06. The molecule has 0 fully saturated rings. The molecular formula is C7H11N2O. The van der Waals surface area contributed by atoms with Gasteiger partial charge in [0.15, 0.2) is 0 Å². The molecule has 55 valence electrons. The number of hydrogen-bond donors (Lipinski definition) is 1. The summed E-state index contributed by atoms with van der Waals surface area (Å²) in [6, 6.07) is 0. The van der Waals surface area contributed by atoms with Crippen molar-refractivity contribution >= 4 is 0 Å². The largest absolute Gasteiger partial charge is 0.390 e. The van der Waals surface area contributed by atoms with E-state index in [1.54, 1.807) is 6.33 Å². The van der Waals surface area contributed by atoms with E-state index in [1.165, 1.54) is 0 Å². The molecule has 10 heavy (non-hydrogen) atoms. The molecular weight excluding hydrogens is 128 g/mol. The zero-order chi connectivity index (χ0) is 7.40. The maximum Gasteiger partial charge on any atom is 0.0953 e. The zero-order valence-corrected chi connectivity index (χ0v) is 5.99. The van der Waals surface area contributed by atoms with Gasteiger partial charge in [0.05, 0.1) is 25.2 Å². The predicted octanol–water partition coefficient (Wildman–Crippen LogP) is 0.795. The van der Waals surface area contributed by atoms with Crippen LogP contribution < -0.4 is 0 Å². The van der Waals surface area contributed by atoms with Crippen molar-refractivity contribution in [1.82, 2.24) is 9.55 Å². The Morgan fingerprint density at radius 2 is 2.60 bits per heavy atom. The molecule has 0 saturated carbocycles. The van der Waals surface area contributed by atoms with Crippen LogP contribution in [0, 0.1) is 6.54 Å². The molecule has 0 aliphatic rings. The molecule has 1 radical (unpaired) electrons. The minimum absolute atomic E-state index is 0.0184. The summed E-state index contributed by atoms with van der Waals surface area (Å²) in [5.41, 5.74) is 0.713. The monoisotopic (exact) mass is 139 g/mol. The number of nitrogens with zero attached hydrogens (tertiary/aromatic N) is 2. The van der Waals surface area contributed by atoms with Gasteiger partial charge in [-0.2, -0.15) is 0 Å². The molecule has 0 aromatic carbocycles. The molecule has 0 amide bonds. The van der Waals surface area contributed by atoms with Crippen molar-refractivity contribution in [2.45, 2.75) is 20.0 Å². The van der Waals surface area contributed by atoms with E-state index in [0.29, 0.717) is 5.69 Å². The minimum Gasteiger partial charge on any atom is -0.390 e. The highest BCUT2D eigenvalue weighted by Gasteiger charge is 1.94. The highest BCUT2D eigenvalue weighted by Crippen LogP contribution is 1.97. The molecule has 3 heteroatoms. The van der Waals surface area contributed by atoms with Crippen molar-refractivity contribution in [2.24, 2.45) is 0 Å². The summed E-state index contributed by atoms with van der Waals surface area (Å²) < 4.78 is 1.85. The van der Waals surface area contributed by atoms with E-state index in [4.69, 9.17) is 5.11 Å². The van der Waals surface area contributed by atoms with Crippen LogP contribution in [0.5, 0.6) is 0 Å². The molecule has 1 N–H and O–H groups in total. The molecule has 1 rings (SSSR count). The van der Waals surface area contributed by atoms with Gasteiger partial charge in [0.25, 0.3) is 0 Å². The van der Waals surface area contributed by atoms with E-state index in [2.05, 4.69) is 11.9 Å². The first-order chi connectivity index (χ1) is 4.86. The Kier molecular flexibility index (Phi) is 2.45. The van der Waals surface area contributed by atoms with Crippen LogP contribution in [0.4, 0.5) is 0 Å². The van der Waals surface area contributed by atoms with E-state index < -0.39 is 0 Å². The molecule has 1 aromatic rings. The van der Waals surface area contributed by atoms with Crippen LogP contribution in [0.25, 0.3) is 0 Å². The van der Waals surface area contributed by atoms with Gasteiger partial charge in [-0.25, -0.2) is 4.98 Å². The molecule has 1 heterocycles. The predicted molar refractivity (Wildman–Crippen MR) is 38.1 cm³/mol. The molecule has 0 unspecified atom stereocenters. The van der Waals surface area contributed by atoms with Gasteiger partial charge in [-0.3, -0.25) is 0 Å². The Balaban J connectivity index is 2.59. The van der Waals surface area contributed by atoms with Crippen molar-refractivity contribution in [2.75, 3.05) is 0 Å². The Morgan fingerprint density at radius 1 is 1.80 bits per heavy atom. The molecule has 1 aromatic heterocycles. The number of hydrogen-bond acceptors (Lipinski definition) is 2. The molecule has 3 nitrogen and oxygen atoms in total. The van der Waals surface area contributed by atoms with Crippen LogP contribution in [0.2, 0.25) is 0 Å². The Morgan fingerprint density at radius 3 is 3.10 bits per heavy atom. The van der Waals surface area contributed by atoms with Gasteiger partial charge in [-0.1, -0.05) is 6.92 Å². The molecule has 0 aliphatic heterocycles. The van der Waals surface area contributed by atoms with Gasteiger partial charge in [-0.15, -0.1) is 0 Å². The lowest BCUT2D eigenvalue weighted by Crippen LogP contribution is -1.87. The maximum absolute atomic E-state index is 8.63. The van der Waals surface area contributed by atoms with Crippen LogP contribution >= 0.6 is 0 Å². The van der Waals surface area contributed by atoms with Gasteiger partial charge >= 0.3 is 0 Å². The van der Waals surface area contributed by atoms with Gasteiger partial charge in [0.1, 0.15) is 0 Å². The van der Waals surface area contributed by atoms with Crippen LogP contribution in [-0.4, -0.2) is 14.7 Å². The van der Waals surface area contributed by atoms with Crippen molar-refractivity contribution in [1.29, 1.82) is 0 Å². The average molecular weight is 139 g/mol. The third-order valence-corrected chi connectivity index (χ3v) is 1.21. The smallest absolute Gasteiger partial charge is 0.0953 e. The molecule has 0 atom stereocenters. The zero-order valence-electron chi connectivity index (χ0n) is 5.99. The number of imidazole rings is 1. The second-order valence-corrected chi connectivity index (χ2v) is 2.06.